The number of fused-ring (bicyclic) bond motifs is 1. The van der Waals surface area contributed by atoms with E-state index in [9.17, 15) is 18.0 Å². The number of pyridine rings is 1. The number of halogens is 3. The molecule has 126 valence electrons. The van der Waals surface area contributed by atoms with Gasteiger partial charge >= 0.3 is 12.3 Å². The number of hydrogen-bond donors (Lipinski definition) is 0. The second-order valence-corrected chi connectivity index (χ2v) is 6.31. The Morgan fingerprint density at radius 2 is 2.26 bits per heavy atom. The van der Waals surface area contributed by atoms with Gasteiger partial charge in [0.25, 0.3) is 0 Å². The number of hydrogen-bond acceptors (Lipinski definition) is 3. The summed E-state index contributed by atoms with van der Waals surface area (Å²) in [6.45, 7) is 3.30. The summed E-state index contributed by atoms with van der Waals surface area (Å²) >= 11 is 0. The number of amides is 1. The van der Waals surface area contributed by atoms with Crippen LogP contribution in [-0.2, 0) is 16.3 Å². The molecule has 0 radical (unpaired) electrons. The topological polar surface area (TPSA) is 42.4 Å². The molecule has 2 unspecified atom stereocenters. The average Bonchev–Trinajstić information content (AvgIpc) is 3.09. The molecular formula is C16H19F3N2O2. The Balaban J connectivity index is 1.70. The molecule has 1 saturated carbocycles. The number of nitrogens with zero attached hydrogens (tertiary/aromatic N) is 2. The number of aromatic nitrogens is 1. The highest BCUT2D eigenvalue weighted by atomic mass is 19.4. The van der Waals surface area contributed by atoms with E-state index >= 15 is 0 Å². The largest absolute Gasteiger partial charge is 0.449 e. The lowest BCUT2D eigenvalue weighted by Crippen LogP contribution is -2.33. The fourth-order valence-corrected chi connectivity index (χ4v) is 3.28. The molecule has 7 heteroatoms. The first-order valence-corrected chi connectivity index (χ1v) is 7.83. The molecular weight excluding hydrogens is 309 g/mol. The Bertz CT molecular complexity index is 605. The van der Waals surface area contributed by atoms with Crippen molar-refractivity contribution in [3.05, 3.63) is 29.6 Å². The second kappa shape index (κ2) is 5.69. The van der Waals surface area contributed by atoms with E-state index in [0.29, 0.717) is 25.4 Å². The van der Waals surface area contributed by atoms with E-state index in [1.165, 1.54) is 6.07 Å². The predicted molar refractivity (Wildman–Crippen MR) is 76.9 cm³/mol. The monoisotopic (exact) mass is 328 g/mol. The number of alkyl halides is 3. The van der Waals surface area contributed by atoms with Crippen molar-refractivity contribution in [2.75, 3.05) is 19.7 Å². The maximum Gasteiger partial charge on any atom is 0.433 e. The van der Waals surface area contributed by atoms with Gasteiger partial charge in [0.1, 0.15) is 5.69 Å². The van der Waals surface area contributed by atoms with Gasteiger partial charge in [-0.15, -0.1) is 0 Å². The Morgan fingerprint density at radius 3 is 2.96 bits per heavy atom. The highest BCUT2D eigenvalue weighted by Crippen LogP contribution is 2.58. The van der Waals surface area contributed by atoms with Gasteiger partial charge in [0.2, 0.25) is 0 Å². The molecule has 2 heterocycles. The number of carbonyl (C=O) groups is 1. The Morgan fingerprint density at radius 1 is 1.48 bits per heavy atom. The SMILES string of the molecule is CCCCOC(=O)N1CC2CC2(c2cccc(C(F)(F)F)n2)C1. The van der Waals surface area contributed by atoms with E-state index in [1.807, 2.05) is 6.92 Å². The van der Waals surface area contributed by atoms with E-state index in [4.69, 9.17) is 4.74 Å². The molecule has 2 atom stereocenters. The van der Waals surface area contributed by atoms with Gasteiger partial charge in [-0.1, -0.05) is 19.4 Å². The third kappa shape index (κ3) is 3.01. The molecule has 1 saturated heterocycles. The summed E-state index contributed by atoms with van der Waals surface area (Å²) in [5.74, 6) is 0.178. The van der Waals surface area contributed by atoms with Crippen LogP contribution < -0.4 is 0 Å². The number of piperidine rings is 1. The molecule has 0 aromatic carbocycles. The quantitative estimate of drug-likeness (QED) is 0.793. The van der Waals surface area contributed by atoms with Gasteiger partial charge in [-0.3, -0.25) is 0 Å². The second-order valence-electron chi connectivity index (χ2n) is 6.31. The number of unbranched alkanes of at least 4 members (excludes halogenated alkanes) is 1. The van der Waals surface area contributed by atoms with Crippen LogP contribution >= 0.6 is 0 Å². The molecule has 3 rings (SSSR count). The lowest BCUT2D eigenvalue weighted by Gasteiger charge is -2.21. The number of rotatable bonds is 4. The van der Waals surface area contributed by atoms with Gasteiger partial charge in [-0.2, -0.15) is 13.2 Å². The van der Waals surface area contributed by atoms with Crippen molar-refractivity contribution in [2.24, 2.45) is 5.92 Å². The van der Waals surface area contributed by atoms with E-state index in [-0.39, 0.29) is 12.0 Å². The minimum Gasteiger partial charge on any atom is -0.449 e. The molecule has 1 aliphatic heterocycles. The molecule has 2 aliphatic rings. The summed E-state index contributed by atoms with van der Waals surface area (Å²) in [5, 5.41) is 0. The molecule has 1 aliphatic carbocycles. The van der Waals surface area contributed by atoms with Crippen LogP contribution in [0.15, 0.2) is 18.2 Å². The summed E-state index contributed by atoms with van der Waals surface area (Å²) in [6, 6.07) is 3.99. The zero-order chi connectivity index (χ0) is 16.7. The lowest BCUT2D eigenvalue weighted by molar-refractivity contribution is -0.141. The molecule has 0 spiro atoms. The highest BCUT2D eigenvalue weighted by molar-refractivity contribution is 5.69. The van der Waals surface area contributed by atoms with E-state index in [0.717, 1.165) is 25.3 Å². The summed E-state index contributed by atoms with van der Waals surface area (Å²) in [7, 11) is 0. The van der Waals surface area contributed by atoms with Crippen molar-refractivity contribution in [3.63, 3.8) is 0 Å². The number of likely N-dealkylation sites (tertiary alicyclic amines) is 1. The molecule has 4 nitrogen and oxygen atoms in total. The summed E-state index contributed by atoms with van der Waals surface area (Å²) in [6.07, 6.45) is -2.30. The maximum atomic E-state index is 12.8. The van der Waals surface area contributed by atoms with Crippen molar-refractivity contribution in [2.45, 2.75) is 37.8 Å². The van der Waals surface area contributed by atoms with Crippen LogP contribution in [0.1, 0.15) is 37.6 Å². The number of carbonyl (C=O) groups excluding carboxylic acids is 1. The summed E-state index contributed by atoms with van der Waals surface area (Å²) < 4.78 is 43.7. The van der Waals surface area contributed by atoms with Gasteiger partial charge in [0, 0.05) is 24.2 Å². The first-order valence-electron chi connectivity index (χ1n) is 7.83. The normalized spacial score (nSPS) is 26.1. The van der Waals surface area contributed by atoms with Crippen molar-refractivity contribution < 1.29 is 22.7 Å². The fraction of sp³-hybridized carbons (Fsp3) is 0.625. The van der Waals surface area contributed by atoms with E-state index in [1.54, 1.807) is 11.0 Å². The van der Waals surface area contributed by atoms with Crippen LogP contribution in [0.3, 0.4) is 0 Å². The van der Waals surface area contributed by atoms with Crippen LogP contribution in [0.25, 0.3) is 0 Å². The molecule has 0 N–H and O–H groups in total. The molecule has 1 amide bonds. The summed E-state index contributed by atoms with van der Waals surface area (Å²) in [4.78, 5) is 17.4. The zero-order valence-electron chi connectivity index (χ0n) is 12.9. The standard InChI is InChI=1S/C16H19F3N2O2/c1-2-3-7-23-14(22)21-9-11-8-15(11,10-21)12-5-4-6-13(20-12)16(17,18)19/h4-6,11H,2-3,7-10H2,1H3. The third-order valence-corrected chi connectivity index (χ3v) is 4.68. The average molecular weight is 328 g/mol. The van der Waals surface area contributed by atoms with Gasteiger partial charge in [-0.05, 0) is 30.9 Å². The molecule has 1 aromatic heterocycles. The smallest absolute Gasteiger partial charge is 0.433 e. The zero-order valence-corrected chi connectivity index (χ0v) is 12.9. The van der Waals surface area contributed by atoms with Crippen molar-refractivity contribution in [1.29, 1.82) is 0 Å². The van der Waals surface area contributed by atoms with Gasteiger partial charge in [-0.25, -0.2) is 9.78 Å². The van der Waals surface area contributed by atoms with Gasteiger partial charge in [0.15, 0.2) is 0 Å². The van der Waals surface area contributed by atoms with Crippen LogP contribution in [0, 0.1) is 5.92 Å². The van der Waals surface area contributed by atoms with Crippen molar-refractivity contribution in [1.82, 2.24) is 9.88 Å². The lowest BCUT2D eigenvalue weighted by atomic mass is 10.0. The fourth-order valence-electron chi connectivity index (χ4n) is 3.28. The third-order valence-electron chi connectivity index (χ3n) is 4.68. The van der Waals surface area contributed by atoms with Crippen LogP contribution in [-0.4, -0.2) is 35.7 Å². The minimum atomic E-state index is -4.45. The van der Waals surface area contributed by atoms with Crippen molar-refractivity contribution >= 4 is 6.09 Å². The highest BCUT2D eigenvalue weighted by Gasteiger charge is 2.63. The Kier molecular flexibility index (Phi) is 3.98. The van der Waals surface area contributed by atoms with Crippen LogP contribution in [0.4, 0.5) is 18.0 Å². The van der Waals surface area contributed by atoms with Crippen LogP contribution in [0.2, 0.25) is 0 Å². The molecule has 23 heavy (non-hydrogen) atoms. The van der Waals surface area contributed by atoms with Gasteiger partial charge < -0.3 is 9.64 Å². The molecule has 2 fully saturated rings. The summed E-state index contributed by atoms with van der Waals surface area (Å²) in [5.41, 5.74) is -0.870. The van der Waals surface area contributed by atoms with Crippen molar-refractivity contribution in [3.8, 4) is 0 Å². The molecule has 0 bridgehead atoms. The number of ether oxygens (including phenoxy) is 1. The predicted octanol–water partition coefficient (Wildman–Crippen LogP) is 3.61. The Labute approximate surface area is 132 Å². The van der Waals surface area contributed by atoms with Crippen LogP contribution in [0.5, 0.6) is 0 Å². The Hall–Kier alpha value is -1.79. The van der Waals surface area contributed by atoms with Gasteiger partial charge in [0.05, 0.1) is 6.61 Å². The van der Waals surface area contributed by atoms with E-state index < -0.39 is 17.3 Å². The maximum absolute atomic E-state index is 12.8. The van der Waals surface area contributed by atoms with E-state index in [2.05, 4.69) is 4.98 Å². The minimum absolute atomic E-state index is 0.178. The first-order chi connectivity index (χ1) is 10.9. The molecule has 1 aromatic rings. The first kappa shape index (κ1) is 16.1.